The van der Waals surface area contributed by atoms with Gasteiger partial charge in [0, 0.05) is 18.1 Å². The predicted molar refractivity (Wildman–Crippen MR) is 128 cm³/mol. The van der Waals surface area contributed by atoms with Gasteiger partial charge >= 0.3 is 0 Å². The standard InChI is InChI=1S/C22H25ClN8O2/c1-3-15(12-32-2)31-13-25-19-20(28-22(29-21(19)31)30-6-8-33-9-7-30)24-11-18-26-16-5-4-14(23)10-17(16)27-18/h4-5,10,12-13H,3,6-9,11H2,1-2H3,(H,26,27)(H,24,28,29)/b15-12+. The average molecular weight is 469 g/mol. The Morgan fingerprint density at radius 3 is 2.91 bits per heavy atom. The topological polar surface area (TPSA) is 106 Å². The Morgan fingerprint density at radius 2 is 2.12 bits per heavy atom. The van der Waals surface area contributed by atoms with E-state index in [2.05, 4.69) is 32.1 Å². The van der Waals surface area contributed by atoms with Crippen LogP contribution in [0.25, 0.3) is 27.9 Å². The fraction of sp³-hybridized carbons (Fsp3) is 0.364. The van der Waals surface area contributed by atoms with Gasteiger partial charge in [0.1, 0.15) is 18.4 Å². The summed E-state index contributed by atoms with van der Waals surface area (Å²) in [6, 6.07) is 5.59. The lowest BCUT2D eigenvalue weighted by molar-refractivity contribution is 0.122. The van der Waals surface area contributed by atoms with Gasteiger partial charge in [0.2, 0.25) is 5.95 Å². The van der Waals surface area contributed by atoms with Crippen molar-refractivity contribution >= 4 is 51.3 Å². The molecule has 2 N–H and O–H groups in total. The van der Waals surface area contributed by atoms with Crippen LogP contribution in [-0.4, -0.2) is 62.9 Å². The molecule has 1 aliphatic rings. The SMILES string of the molecule is CC/C(=C\OC)n1cnc2c(NCc3nc4ccc(Cl)cc4[nH]3)nc(N3CCOCC3)nc21. The number of hydrogen-bond acceptors (Lipinski definition) is 8. The van der Waals surface area contributed by atoms with E-state index >= 15 is 0 Å². The molecule has 1 aromatic carbocycles. The number of rotatable bonds is 7. The van der Waals surface area contributed by atoms with Crippen molar-refractivity contribution in [3.05, 3.63) is 41.6 Å². The summed E-state index contributed by atoms with van der Waals surface area (Å²) in [6.45, 7) is 5.27. The van der Waals surface area contributed by atoms with Gasteiger partial charge in [0.05, 0.1) is 43.6 Å². The van der Waals surface area contributed by atoms with Crippen LogP contribution in [0.1, 0.15) is 19.2 Å². The van der Waals surface area contributed by atoms with Crippen LogP contribution < -0.4 is 10.2 Å². The number of aromatic nitrogens is 6. The van der Waals surface area contributed by atoms with E-state index in [9.17, 15) is 0 Å². The van der Waals surface area contributed by atoms with Crippen molar-refractivity contribution in [2.24, 2.45) is 0 Å². The first-order chi connectivity index (χ1) is 16.2. The largest absolute Gasteiger partial charge is 0.503 e. The molecule has 0 bridgehead atoms. The molecule has 4 heterocycles. The molecule has 11 heteroatoms. The molecule has 0 aliphatic carbocycles. The van der Waals surface area contributed by atoms with Crippen molar-refractivity contribution in [3.8, 4) is 0 Å². The van der Waals surface area contributed by atoms with Crippen LogP contribution in [-0.2, 0) is 16.0 Å². The highest BCUT2D eigenvalue weighted by Crippen LogP contribution is 2.26. The Labute approximate surface area is 195 Å². The lowest BCUT2D eigenvalue weighted by Crippen LogP contribution is -2.37. The van der Waals surface area contributed by atoms with E-state index in [0.717, 1.165) is 47.7 Å². The molecule has 33 heavy (non-hydrogen) atoms. The highest BCUT2D eigenvalue weighted by molar-refractivity contribution is 6.31. The summed E-state index contributed by atoms with van der Waals surface area (Å²) in [5, 5.41) is 4.07. The minimum absolute atomic E-state index is 0.447. The second-order valence-electron chi connectivity index (χ2n) is 7.66. The molecular formula is C22H25ClN8O2. The Bertz CT molecular complexity index is 1310. The number of imidazole rings is 2. The predicted octanol–water partition coefficient (Wildman–Crippen LogP) is 3.66. The first-order valence-corrected chi connectivity index (χ1v) is 11.2. The number of halogens is 1. The summed E-state index contributed by atoms with van der Waals surface area (Å²) in [4.78, 5) is 24.3. The number of benzene rings is 1. The van der Waals surface area contributed by atoms with E-state index in [0.29, 0.717) is 42.1 Å². The maximum atomic E-state index is 6.10. The zero-order chi connectivity index (χ0) is 22.8. The number of aromatic amines is 1. The number of nitrogens with zero attached hydrogens (tertiary/aromatic N) is 6. The molecular weight excluding hydrogens is 444 g/mol. The van der Waals surface area contributed by atoms with Gasteiger partial charge in [-0.05, 0) is 24.6 Å². The average Bonchev–Trinajstić information content (AvgIpc) is 3.45. The lowest BCUT2D eigenvalue weighted by atomic mass is 10.3. The van der Waals surface area contributed by atoms with Crippen LogP contribution in [0.4, 0.5) is 11.8 Å². The second-order valence-corrected chi connectivity index (χ2v) is 8.09. The third-order valence-electron chi connectivity index (χ3n) is 5.52. The minimum Gasteiger partial charge on any atom is -0.503 e. The lowest BCUT2D eigenvalue weighted by Gasteiger charge is -2.27. The van der Waals surface area contributed by atoms with Crippen molar-refractivity contribution in [1.29, 1.82) is 0 Å². The van der Waals surface area contributed by atoms with Crippen LogP contribution >= 0.6 is 11.6 Å². The number of nitrogens with one attached hydrogen (secondary N) is 2. The van der Waals surface area contributed by atoms with E-state index in [1.54, 1.807) is 19.7 Å². The summed E-state index contributed by atoms with van der Waals surface area (Å²) in [7, 11) is 1.64. The zero-order valence-corrected chi connectivity index (χ0v) is 19.3. The molecule has 0 unspecified atom stereocenters. The Morgan fingerprint density at radius 1 is 1.27 bits per heavy atom. The maximum absolute atomic E-state index is 6.10. The van der Waals surface area contributed by atoms with Crippen LogP contribution in [0.3, 0.4) is 0 Å². The zero-order valence-electron chi connectivity index (χ0n) is 18.5. The molecule has 1 aliphatic heterocycles. The number of methoxy groups -OCH3 is 1. The fourth-order valence-electron chi connectivity index (χ4n) is 3.86. The van der Waals surface area contributed by atoms with Crippen molar-refractivity contribution in [3.63, 3.8) is 0 Å². The molecule has 1 fully saturated rings. The van der Waals surface area contributed by atoms with E-state index in [1.165, 1.54) is 0 Å². The molecule has 10 nitrogen and oxygen atoms in total. The van der Waals surface area contributed by atoms with Gasteiger partial charge in [-0.1, -0.05) is 18.5 Å². The first kappa shape index (κ1) is 21.5. The number of ether oxygens (including phenoxy) is 2. The van der Waals surface area contributed by atoms with Gasteiger partial charge in [-0.15, -0.1) is 0 Å². The molecule has 3 aromatic heterocycles. The Kier molecular flexibility index (Phi) is 6.01. The first-order valence-electron chi connectivity index (χ1n) is 10.8. The summed E-state index contributed by atoms with van der Waals surface area (Å²) in [6.07, 6.45) is 4.23. The molecule has 0 atom stereocenters. The molecule has 0 amide bonds. The summed E-state index contributed by atoms with van der Waals surface area (Å²) in [5.41, 5.74) is 4.10. The number of anilines is 2. The highest BCUT2D eigenvalue weighted by atomic mass is 35.5. The fourth-order valence-corrected chi connectivity index (χ4v) is 4.03. The third-order valence-corrected chi connectivity index (χ3v) is 5.76. The summed E-state index contributed by atoms with van der Waals surface area (Å²) in [5.74, 6) is 2.06. The molecule has 5 rings (SSSR count). The van der Waals surface area contributed by atoms with Gasteiger partial charge in [0.25, 0.3) is 0 Å². The molecule has 1 saturated heterocycles. The van der Waals surface area contributed by atoms with Gasteiger partial charge < -0.3 is 24.7 Å². The summed E-state index contributed by atoms with van der Waals surface area (Å²) < 4.78 is 12.7. The third kappa shape index (κ3) is 4.31. The van der Waals surface area contributed by atoms with Gasteiger partial charge in [-0.25, -0.2) is 9.97 Å². The maximum Gasteiger partial charge on any atom is 0.229 e. The van der Waals surface area contributed by atoms with Gasteiger partial charge in [-0.3, -0.25) is 4.57 Å². The Balaban J connectivity index is 1.52. The number of H-pyrrole nitrogens is 1. The van der Waals surface area contributed by atoms with E-state index < -0.39 is 0 Å². The monoisotopic (exact) mass is 468 g/mol. The van der Waals surface area contributed by atoms with Gasteiger partial charge in [0.15, 0.2) is 17.0 Å². The minimum atomic E-state index is 0.447. The van der Waals surface area contributed by atoms with E-state index in [4.69, 9.17) is 31.0 Å². The molecule has 172 valence electrons. The number of morpholine rings is 1. The normalized spacial score (nSPS) is 14.9. The van der Waals surface area contributed by atoms with Crippen LogP contribution in [0.5, 0.6) is 0 Å². The number of allylic oxidation sites excluding steroid dienone is 1. The van der Waals surface area contributed by atoms with Crippen molar-refractivity contribution in [1.82, 2.24) is 29.5 Å². The van der Waals surface area contributed by atoms with E-state index in [1.807, 2.05) is 22.8 Å². The van der Waals surface area contributed by atoms with E-state index in [-0.39, 0.29) is 0 Å². The highest BCUT2D eigenvalue weighted by Gasteiger charge is 2.20. The van der Waals surface area contributed by atoms with Gasteiger partial charge in [-0.2, -0.15) is 9.97 Å². The number of hydrogen-bond donors (Lipinski definition) is 2. The number of fused-ring (bicyclic) bond motifs is 2. The Hall–Kier alpha value is -3.37. The quantitative estimate of drug-likeness (QED) is 0.396. The summed E-state index contributed by atoms with van der Waals surface area (Å²) >= 11 is 6.10. The molecule has 4 aromatic rings. The molecule has 0 spiro atoms. The van der Waals surface area contributed by atoms with Crippen LogP contribution in [0.2, 0.25) is 5.02 Å². The smallest absolute Gasteiger partial charge is 0.229 e. The second kappa shape index (κ2) is 9.24. The molecule has 0 saturated carbocycles. The van der Waals surface area contributed by atoms with Crippen molar-refractivity contribution in [2.75, 3.05) is 43.6 Å². The van der Waals surface area contributed by atoms with Crippen LogP contribution in [0.15, 0.2) is 30.8 Å². The molecule has 0 radical (unpaired) electrons. The van der Waals surface area contributed by atoms with Crippen molar-refractivity contribution < 1.29 is 9.47 Å². The van der Waals surface area contributed by atoms with Crippen molar-refractivity contribution in [2.45, 2.75) is 19.9 Å². The van der Waals surface area contributed by atoms with Crippen LogP contribution in [0, 0.1) is 0 Å².